The van der Waals surface area contributed by atoms with Crippen molar-refractivity contribution in [1.82, 2.24) is 19.9 Å². The summed E-state index contributed by atoms with van der Waals surface area (Å²) in [5.74, 6) is 0.676. The highest BCUT2D eigenvalue weighted by molar-refractivity contribution is 5.93. The number of anilines is 2. The molecule has 0 saturated carbocycles. The van der Waals surface area contributed by atoms with Gasteiger partial charge in [0.1, 0.15) is 22.8 Å². The Labute approximate surface area is 163 Å². The number of fused-ring (bicyclic) bond motifs is 2. The van der Waals surface area contributed by atoms with E-state index in [-0.39, 0.29) is 5.43 Å². The first kappa shape index (κ1) is 16.8. The predicted molar refractivity (Wildman–Crippen MR) is 111 cm³/mol. The molecule has 2 aromatic carbocycles. The van der Waals surface area contributed by atoms with Gasteiger partial charge in [-0.2, -0.15) is 0 Å². The second-order valence-electron chi connectivity index (χ2n) is 6.51. The van der Waals surface area contributed by atoms with Crippen molar-refractivity contribution in [3.63, 3.8) is 0 Å². The molecule has 140 valence electrons. The summed E-state index contributed by atoms with van der Waals surface area (Å²) in [6.07, 6.45) is 6.11. The van der Waals surface area contributed by atoms with Crippen molar-refractivity contribution < 1.29 is 4.42 Å². The van der Waals surface area contributed by atoms with E-state index < -0.39 is 0 Å². The molecule has 0 radical (unpaired) electrons. The van der Waals surface area contributed by atoms with E-state index in [1.807, 2.05) is 6.07 Å². The lowest BCUT2D eigenvalue weighted by molar-refractivity contribution is 0.660. The maximum Gasteiger partial charge on any atom is 0.200 e. The zero-order chi connectivity index (χ0) is 20.0. The van der Waals surface area contributed by atoms with E-state index in [1.165, 1.54) is 12.4 Å². The molecule has 29 heavy (non-hydrogen) atoms. The highest BCUT2D eigenvalue weighted by atomic mass is 16.3. The van der Waals surface area contributed by atoms with Gasteiger partial charge in [-0.05, 0) is 30.3 Å². The van der Waals surface area contributed by atoms with E-state index in [1.54, 1.807) is 42.7 Å². The number of hydrogen-bond donors (Lipinski definition) is 2. The number of aromatic nitrogens is 4. The normalized spacial score (nSPS) is 11.2. The minimum Gasteiger partial charge on any atom is -0.456 e. The molecule has 5 aromatic rings. The molecule has 4 N–H and O–H groups in total. The van der Waals surface area contributed by atoms with Crippen molar-refractivity contribution in [3.05, 3.63) is 71.4 Å². The Morgan fingerprint density at radius 3 is 1.90 bits per heavy atom. The van der Waals surface area contributed by atoms with Crippen molar-refractivity contribution in [2.75, 3.05) is 11.5 Å². The van der Waals surface area contributed by atoms with Gasteiger partial charge in [0.15, 0.2) is 0 Å². The Hall–Kier alpha value is -4.33. The van der Waals surface area contributed by atoms with Crippen LogP contribution in [0.1, 0.15) is 0 Å². The van der Waals surface area contributed by atoms with Gasteiger partial charge in [-0.1, -0.05) is 6.07 Å². The Bertz CT molecular complexity index is 1430. The molecule has 0 unspecified atom stereocenters. The van der Waals surface area contributed by atoms with Crippen molar-refractivity contribution in [1.29, 1.82) is 0 Å². The average Bonchev–Trinajstić information content (AvgIpc) is 2.74. The van der Waals surface area contributed by atoms with Crippen LogP contribution < -0.4 is 16.9 Å². The van der Waals surface area contributed by atoms with E-state index in [9.17, 15) is 4.79 Å². The fourth-order valence-corrected chi connectivity index (χ4v) is 3.15. The third-order valence-corrected chi connectivity index (χ3v) is 4.61. The Balaban J connectivity index is 1.67. The van der Waals surface area contributed by atoms with Gasteiger partial charge in [0, 0.05) is 11.1 Å². The van der Waals surface area contributed by atoms with Crippen molar-refractivity contribution in [2.45, 2.75) is 0 Å². The number of hydrogen-bond acceptors (Lipinski definition) is 8. The number of nitrogen functional groups attached to an aromatic ring is 2. The molecule has 0 saturated heterocycles. The first-order valence-corrected chi connectivity index (χ1v) is 8.75. The van der Waals surface area contributed by atoms with E-state index in [4.69, 9.17) is 15.9 Å². The second kappa shape index (κ2) is 6.38. The molecule has 8 nitrogen and oxygen atoms in total. The smallest absolute Gasteiger partial charge is 0.200 e. The predicted octanol–water partition coefficient (Wildman–Crippen LogP) is 3.02. The quantitative estimate of drug-likeness (QED) is 0.445. The molecule has 0 aliphatic carbocycles. The molecule has 0 fully saturated rings. The highest BCUT2D eigenvalue weighted by Gasteiger charge is 2.11. The van der Waals surface area contributed by atoms with E-state index >= 15 is 0 Å². The summed E-state index contributed by atoms with van der Waals surface area (Å²) in [5, 5.41) is 0.943. The third-order valence-electron chi connectivity index (χ3n) is 4.61. The van der Waals surface area contributed by atoms with Crippen molar-refractivity contribution >= 4 is 33.6 Å². The average molecular weight is 382 g/mol. The first-order valence-electron chi connectivity index (χ1n) is 8.75. The van der Waals surface area contributed by atoms with Crippen LogP contribution in [0.15, 0.2) is 70.4 Å². The lowest BCUT2D eigenvalue weighted by atomic mass is 10.1. The summed E-state index contributed by atoms with van der Waals surface area (Å²) in [7, 11) is 0. The molecule has 0 amide bonds. The van der Waals surface area contributed by atoms with Gasteiger partial charge in [0.25, 0.3) is 0 Å². The van der Waals surface area contributed by atoms with Crippen LogP contribution in [-0.4, -0.2) is 19.9 Å². The van der Waals surface area contributed by atoms with Gasteiger partial charge in [-0.25, -0.2) is 9.97 Å². The number of benzene rings is 2. The maximum absolute atomic E-state index is 13.1. The van der Waals surface area contributed by atoms with E-state index in [0.29, 0.717) is 45.0 Å². The fourth-order valence-electron chi connectivity index (χ4n) is 3.15. The molecule has 3 aromatic heterocycles. The molecular weight excluding hydrogens is 368 g/mol. The van der Waals surface area contributed by atoms with Crippen LogP contribution in [0.3, 0.4) is 0 Å². The summed E-state index contributed by atoms with van der Waals surface area (Å²) in [6.45, 7) is 0. The van der Waals surface area contributed by atoms with Gasteiger partial charge >= 0.3 is 0 Å². The monoisotopic (exact) mass is 382 g/mol. The van der Waals surface area contributed by atoms with Crippen LogP contribution in [0.5, 0.6) is 0 Å². The fraction of sp³-hybridized carbons (Fsp3) is 0. The Kier molecular flexibility index (Phi) is 3.70. The standard InChI is InChI=1S/C21H14N6O2/c22-19-9-24-15(7-26-19)11-2-4-17-14(5-11)21(28)13-3-1-12(6-18(13)29-17)16-8-27-20(23)10-25-16/h1-10H,(H2,22,26)(H2,23,27). The van der Waals surface area contributed by atoms with E-state index in [2.05, 4.69) is 19.9 Å². The zero-order valence-corrected chi connectivity index (χ0v) is 15.0. The third kappa shape index (κ3) is 2.92. The Morgan fingerprint density at radius 2 is 1.28 bits per heavy atom. The lowest BCUT2D eigenvalue weighted by Crippen LogP contribution is -2.03. The Morgan fingerprint density at radius 1 is 0.655 bits per heavy atom. The molecule has 3 heterocycles. The van der Waals surface area contributed by atoms with Crippen LogP contribution in [0.2, 0.25) is 0 Å². The van der Waals surface area contributed by atoms with E-state index in [0.717, 1.165) is 11.1 Å². The van der Waals surface area contributed by atoms with Crippen LogP contribution in [-0.2, 0) is 0 Å². The summed E-state index contributed by atoms with van der Waals surface area (Å²) in [5.41, 5.74) is 14.8. The number of nitrogens with zero attached hydrogens (tertiary/aromatic N) is 4. The molecule has 0 spiro atoms. The summed E-state index contributed by atoms with van der Waals surface area (Å²) >= 11 is 0. The minimum atomic E-state index is -0.124. The largest absolute Gasteiger partial charge is 0.456 e. The summed E-state index contributed by atoms with van der Waals surface area (Å²) < 4.78 is 5.99. The summed E-state index contributed by atoms with van der Waals surface area (Å²) in [6, 6.07) is 10.6. The SMILES string of the molecule is Nc1cnc(-c2ccc3c(=O)c4cc(-c5cnc(N)cn5)ccc4oc3c2)cn1. The molecule has 8 heteroatoms. The molecule has 0 aliphatic rings. The second-order valence-corrected chi connectivity index (χ2v) is 6.51. The maximum atomic E-state index is 13.1. The van der Waals surface area contributed by atoms with Gasteiger partial charge in [-0.15, -0.1) is 0 Å². The number of nitrogens with two attached hydrogens (primary N) is 2. The topological polar surface area (TPSA) is 134 Å². The first-order chi connectivity index (χ1) is 14.1. The summed E-state index contributed by atoms with van der Waals surface area (Å²) in [4.78, 5) is 29.7. The molecule has 0 atom stereocenters. The van der Waals surface area contributed by atoms with Crippen molar-refractivity contribution in [2.24, 2.45) is 0 Å². The lowest BCUT2D eigenvalue weighted by Gasteiger charge is -2.06. The van der Waals surface area contributed by atoms with Gasteiger partial charge < -0.3 is 15.9 Å². The van der Waals surface area contributed by atoms with Gasteiger partial charge in [-0.3, -0.25) is 14.8 Å². The van der Waals surface area contributed by atoms with Crippen LogP contribution in [0.4, 0.5) is 11.6 Å². The van der Waals surface area contributed by atoms with Crippen LogP contribution in [0.25, 0.3) is 44.5 Å². The van der Waals surface area contributed by atoms with Gasteiger partial charge in [0.05, 0.1) is 46.9 Å². The molecule has 0 bridgehead atoms. The van der Waals surface area contributed by atoms with Crippen molar-refractivity contribution in [3.8, 4) is 22.5 Å². The van der Waals surface area contributed by atoms with Crippen LogP contribution in [0, 0.1) is 0 Å². The minimum absolute atomic E-state index is 0.124. The molecule has 5 rings (SSSR count). The zero-order valence-electron chi connectivity index (χ0n) is 15.0. The highest BCUT2D eigenvalue weighted by Crippen LogP contribution is 2.27. The van der Waals surface area contributed by atoms with Gasteiger partial charge in [0.2, 0.25) is 5.43 Å². The van der Waals surface area contributed by atoms with Crippen LogP contribution >= 0.6 is 0 Å². The number of rotatable bonds is 2. The molecular formula is C21H14N6O2. The molecule has 0 aliphatic heterocycles.